The molecule has 0 amide bonds. The maximum Gasteiger partial charge on any atom is 0.171 e. The minimum Gasteiger partial charge on any atom is -0.493 e. The van der Waals surface area contributed by atoms with Gasteiger partial charge in [0.2, 0.25) is 0 Å². The van der Waals surface area contributed by atoms with Gasteiger partial charge in [0.05, 0.1) is 37.0 Å². The van der Waals surface area contributed by atoms with Gasteiger partial charge in [0.15, 0.2) is 17.2 Å². The first-order valence-corrected chi connectivity index (χ1v) is 10.8. The number of halogens is 1. The first-order valence-electron chi connectivity index (χ1n) is 10.8. The predicted octanol–water partition coefficient (Wildman–Crippen LogP) is 2.98. The normalized spacial score (nSPS) is 17.3. The van der Waals surface area contributed by atoms with Gasteiger partial charge in [0.25, 0.3) is 0 Å². The molecule has 0 unspecified atom stereocenters. The number of hydrogen-bond donors (Lipinski definition) is 2. The molecule has 33 heavy (non-hydrogen) atoms. The Morgan fingerprint density at radius 3 is 2.85 bits per heavy atom. The summed E-state index contributed by atoms with van der Waals surface area (Å²) in [6.45, 7) is 4.83. The van der Waals surface area contributed by atoms with E-state index in [-0.39, 0.29) is 18.3 Å². The molecule has 1 atom stereocenters. The van der Waals surface area contributed by atoms with Crippen LogP contribution in [0.4, 0.5) is 10.2 Å². The van der Waals surface area contributed by atoms with Crippen molar-refractivity contribution in [3.8, 4) is 22.8 Å². The molecule has 170 valence electrons. The summed E-state index contributed by atoms with van der Waals surface area (Å²) < 4.78 is 30.4. The molecule has 0 saturated heterocycles. The Kier molecular flexibility index (Phi) is 4.34. The zero-order chi connectivity index (χ0) is 22.7. The molecular weight excluding hydrogens is 427 g/mol. The van der Waals surface area contributed by atoms with E-state index in [0.717, 1.165) is 16.8 Å². The third-order valence-corrected chi connectivity index (χ3v) is 6.05. The predicted molar refractivity (Wildman–Crippen MR) is 118 cm³/mol. The highest BCUT2D eigenvalue weighted by Gasteiger charge is 2.32. The molecule has 2 aliphatic rings. The summed E-state index contributed by atoms with van der Waals surface area (Å²) in [7, 11) is 0. The number of rotatable bonds is 3. The van der Waals surface area contributed by atoms with Crippen molar-refractivity contribution < 1.29 is 19.0 Å². The summed E-state index contributed by atoms with van der Waals surface area (Å²) in [5.74, 6) is 1.60. The van der Waals surface area contributed by atoms with E-state index in [1.54, 1.807) is 41.5 Å². The van der Waals surface area contributed by atoms with Crippen LogP contribution in [0, 0.1) is 5.82 Å². The number of anilines is 1. The fourth-order valence-corrected chi connectivity index (χ4v) is 4.63. The standard InChI is InChI=1S/C23H23FN6O3/c1-23(2,31)11-30-17(5-6-27-30)14-7-19-22(29-12-26-28-21(14)29)25-8-15-16(24)3-4-18-20(15)13(9-32-18)10-33-19/h3-7,12-13,25,31H,8-11H2,1-2H3/t13-/m0/s1. The number of aliphatic hydroxyl groups is 1. The van der Waals surface area contributed by atoms with Gasteiger partial charge in [-0.25, -0.2) is 4.39 Å². The molecule has 3 aromatic heterocycles. The summed E-state index contributed by atoms with van der Waals surface area (Å²) in [4.78, 5) is 0. The lowest BCUT2D eigenvalue weighted by Gasteiger charge is -2.20. The fraction of sp³-hybridized carbons (Fsp3) is 0.348. The lowest BCUT2D eigenvalue weighted by molar-refractivity contribution is 0.0583. The molecule has 0 bridgehead atoms. The Labute approximate surface area is 188 Å². The van der Waals surface area contributed by atoms with Gasteiger partial charge in [0.1, 0.15) is 17.9 Å². The quantitative estimate of drug-likeness (QED) is 0.495. The summed E-state index contributed by atoms with van der Waals surface area (Å²) in [5, 5.41) is 26.5. The number of aromatic nitrogens is 5. The largest absolute Gasteiger partial charge is 0.493 e. The molecule has 4 aromatic rings. The Balaban J connectivity index is 1.48. The second-order valence-electron chi connectivity index (χ2n) is 9.09. The third-order valence-electron chi connectivity index (χ3n) is 6.05. The number of pyridine rings is 1. The van der Waals surface area contributed by atoms with E-state index in [0.29, 0.717) is 48.3 Å². The first-order chi connectivity index (χ1) is 15.9. The Bertz CT molecular complexity index is 1370. The minimum absolute atomic E-state index is 0.0702. The van der Waals surface area contributed by atoms with Crippen LogP contribution in [0.5, 0.6) is 11.5 Å². The number of benzene rings is 1. The minimum atomic E-state index is -0.944. The number of nitrogens with zero attached hydrogens (tertiary/aromatic N) is 5. The van der Waals surface area contributed by atoms with Gasteiger partial charge in [-0.15, -0.1) is 10.2 Å². The van der Waals surface area contributed by atoms with Gasteiger partial charge in [-0.2, -0.15) is 5.10 Å². The molecule has 2 N–H and O–H groups in total. The second kappa shape index (κ2) is 7.17. The molecule has 9 nitrogen and oxygen atoms in total. The van der Waals surface area contributed by atoms with E-state index in [9.17, 15) is 9.50 Å². The van der Waals surface area contributed by atoms with E-state index in [1.807, 2.05) is 12.1 Å². The van der Waals surface area contributed by atoms with Crippen molar-refractivity contribution in [2.24, 2.45) is 0 Å². The van der Waals surface area contributed by atoms with Crippen LogP contribution in [-0.4, -0.2) is 48.3 Å². The van der Waals surface area contributed by atoms with E-state index in [4.69, 9.17) is 9.47 Å². The van der Waals surface area contributed by atoms with Crippen LogP contribution in [0.1, 0.15) is 30.9 Å². The molecule has 6 rings (SSSR count). The maximum absolute atomic E-state index is 14.8. The highest BCUT2D eigenvalue weighted by Crippen LogP contribution is 2.41. The lowest BCUT2D eigenvalue weighted by atomic mass is 9.96. The molecule has 0 spiro atoms. The maximum atomic E-state index is 14.8. The van der Waals surface area contributed by atoms with Gasteiger partial charge in [-0.3, -0.25) is 9.08 Å². The fourth-order valence-electron chi connectivity index (χ4n) is 4.63. The molecule has 0 aliphatic carbocycles. The molecule has 5 heterocycles. The van der Waals surface area contributed by atoms with Crippen molar-refractivity contribution in [2.45, 2.75) is 38.5 Å². The van der Waals surface area contributed by atoms with E-state index >= 15 is 0 Å². The molecule has 0 saturated carbocycles. The molecule has 10 heteroatoms. The average Bonchev–Trinajstić information content (AvgIpc) is 3.50. The van der Waals surface area contributed by atoms with Crippen molar-refractivity contribution in [1.82, 2.24) is 24.4 Å². The van der Waals surface area contributed by atoms with Gasteiger partial charge in [-0.1, -0.05) is 0 Å². The summed E-state index contributed by atoms with van der Waals surface area (Å²) in [5.41, 5.74) is 2.64. The average molecular weight is 450 g/mol. The lowest BCUT2D eigenvalue weighted by Crippen LogP contribution is -2.27. The number of nitrogens with one attached hydrogen (secondary N) is 1. The first kappa shape index (κ1) is 20.0. The van der Waals surface area contributed by atoms with Gasteiger partial charge in [-0.05, 0) is 38.1 Å². The zero-order valence-electron chi connectivity index (χ0n) is 18.2. The van der Waals surface area contributed by atoms with Crippen LogP contribution in [0.2, 0.25) is 0 Å². The molecule has 0 radical (unpaired) electrons. The van der Waals surface area contributed by atoms with Gasteiger partial charge in [0, 0.05) is 29.4 Å². The van der Waals surface area contributed by atoms with Crippen molar-refractivity contribution in [1.29, 1.82) is 0 Å². The van der Waals surface area contributed by atoms with E-state index in [1.165, 1.54) is 6.07 Å². The van der Waals surface area contributed by atoms with Crippen molar-refractivity contribution in [3.63, 3.8) is 0 Å². The number of hydrogen-bond acceptors (Lipinski definition) is 7. The number of fused-ring (bicyclic) bond motifs is 3. The Morgan fingerprint density at radius 2 is 2.03 bits per heavy atom. The number of ether oxygens (including phenoxy) is 2. The van der Waals surface area contributed by atoms with Crippen LogP contribution in [-0.2, 0) is 13.1 Å². The second-order valence-corrected chi connectivity index (χ2v) is 9.09. The molecular formula is C23H23FN6O3. The zero-order valence-corrected chi connectivity index (χ0v) is 18.2. The van der Waals surface area contributed by atoms with E-state index in [2.05, 4.69) is 20.6 Å². The highest BCUT2D eigenvalue weighted by molar-refractivity contribution is 5.80. The van der Waals surface area contributed by atoms with Crippen molar-refractivity contribution in [2.75, 3.05) is 18.5 Å². The molecule has 2 aliphatic heterocycles. The Morgan fingerprint density at radius 1 is 1.21 bits per heavy atom. The Hall–Kier alpha value is -3.66. The topological polar surface area (TPSA) is 98.7 Å². The smallest absolute Gasteiger partial charge is 0.171 e. The van der Waals surface area contributed by atoms with Gasteiger partial charge >= 0.3 is 0 Å². The van der Waals surface area contributed by atoms with Gasteiger partial charge < -0.3 is 19.9 Å². The van der Waals surface area contributed by atoms with E-state index < -0.39 is 5.60 Å². The summed E-state index contributed by atoms with van der Waals surface area (Å²) in [6.07, 6.45) is 3.29. The third kappa shape index (κ3) is 3.29. The SMILES string of the molecule is CC(C)(O)Cn1nccc1-c1cc2c(n3cnnc13)NCc1c(F)ccc3c1[C@@H](CO3)CO2. The van der Waals surface area contributed by atoms with Crippen molar-refractivity contribution >= 4 is 11.5 Å². The molecule has 0 fully saturated rings. The monoisotopic (exact) mass is 450 g/mol. The highest BCUT2D eigenvalue weighted by atomic mass is 19.1. The summed E-state index contributed by atoms with van der Waals surface area (Å²) in [6, 6.07) is 6.89. The summed E-state index contributed by atoms with van der Waals surface area (Å²) >= 11 is 0. The molecule has 1 aromatic carbocycles. The van der Waals surface area contributed by atoms with Crippen LogP contribution in [0.3, 0.4) is 0 Å². The van der Waals surface area contributed by atoms with Crippen LogP contribution in [0.15, 0.2) is 36.8 Å². The van der Waals surface area contributed by atoms with Crippen LogP contribution < -0.4 is 14.8 Å². The van der Waals surface area contributed by atoms with Crippen LogP contribution >= 0.6 is 0 Å². The van der Waals surface area contributed by atoms with Crippen molar-refractivity contribution in [3.05, 3.63) is 53.7 Å². The van der Waals surface area contributed by atoms with Crippen LogP contribution in [0.25, 0.3) is 16.9 Å².